The average molecular weight is 364 g/mol. The standard InChI is InChI=1S/C18H24N2O6/c1-18(2,3)26-16(23)19-9-10-20(14(11-19)15(21)22)17(24)25-12-13-7-5-4-6-8-13/h4-8,14H,9-12H2,1-3H3,(H,21,22)/t14-/m0/s1. The minimum absolute atomic E-state index is 0.0539. The van der Waals surface area contributed by atoms with E-state index < -0.39 is 29.8 Å². The van der Waals surface area contributed by atoms with Crippen LogP contribution < -0.4 is 0 Å². The second kappa shape index (κ2) is 8.07. The summed E-state index contributed by atoms with van der Waals surface area (Å²) < 4.78 is 10.5. The summed E-state index contributed by atoms with van der Waals surface area (Å²) in [5.41, 5.74) is 0.127. The Labute approximate surface area is 152 Å². The van der Waals surface area contributed by atoms with Crippen LogP contribution >= 0.6 is 0 Å². The number of ether oxygens (including phenoxy) is 2. The monoisotopic (exact) mass is 364 g/mol. The number of hydrogen-bond acceptors (Lipinski definition) is 5. The van der Waals surface area contributed by atoms with Crippen LogP contribution in [0.15, 0.2) is 30.3 Å². The summed E-state index contributed by atoms with van der Waals surface area (Å²) in [5.74, 6) is -1.20. The van der Waals surface area contributed by atoms with Gasteiger partial charge in [-0.15, -0.1) is 0 Å². The van der Waals surface area contributed by atoms with Gasteiger partial charge in [-0.1, -0.05) is 30.3 Å². The van der Waals surface area contributed by atoms with Gasteiger partial charge in [-0.25, -0.2) is 14.4 Å². The third-order valence-corrected chi connectivity index (χ3v) is 3.76. The number of rotatable bonds is 3. The van der Waals surface area contributed by atoms with Crippen LogP contribution in [-0.2, 0) is 20.9 Å². The number of benzene rings is 1. The lowest BCUT2D eigenvalue weighted by molar-refractivity contribution is -0.144. The molecule has 0 aliphatic carbocycles. The molecule has 1 aromatic carbocycles. The van der Waals surface area contributed by atoms with Crippen LogP contribution in [-0.4, -0.2) is 64.3 Å². The van der Waals surface area contributed by atoms with Crippen molar-refractivity contribution >= 4 is 18.2 Å². The molecule has 1 saturated heterocycles. The highest BCUT2D eigenvalue weighted by atomic mass is 16.6. The summed E-state index contributed by atoms with van der Waals surface area (Å²) in [6, 6.07) is 7.93. The SMILES string of the molecule is CC(C)(C)OC(=O)N1CCN(C(=O)OCc2ccccc2)[C@H](C(=O)O)C1. The Hall–Kier alpha value is -2.77. The Morgan fingerprint density at radius 1 is 1.12 bits per heavy atom. The molecule has 0 saturated carbocycles. The molecular formula is C18H24N2O6. The zero-order chi connectivity index (χ0) is 19.3. The van der Waals surface area contributed by atoms with Crippen molar-refractivity contribution in [2.75, 3.05) is 19.6 Å². The average Bonchev–Trinajstić information content (AvgIpc) is 2.58. The van der Waals surface area contributed by atoms with E-state index in [4.69, 9.17) is 9.47 Å². The fourth-order valence-electron chi connectivity index (χ4n) is 2.51. The molecule has 2 amide bonds. The number of carbonyl (C=O) groups is 3. The van der Waals surface area contributed by atoms with Crippen LogP contribution in [0.4, 0.5) is 9.59 Å². The maximum absolute atomic E-state index is 12.3. The summed E-state index contributed by atoms with van der Waals surface area (Å²) in [5, 5.41) is 9.45. The first-order valence-corrected chi connectivity index (χ1v) is 8.35. The molecule has 1 aromatic rings. The lowest BCUT2D eigenvalue weighted by atomic mass is 10.2. The number of nitrogens with zero attached hydrogens (tertiary/aromatic N) is 2. The van der Waals surface area contributed by atoms with Gasteiger partial charge in [0.25, 0.3) is 0 Å². The second-order valence-corrected chi connectivity index (χ2v) is 7.01. The zero-order valence-electron chi connectivity index (χ0n) is 15.2. The van der Waals surface area contributed by atoms with Crippen molar-refractivity contribution in [2.45, 2.75) is 39.0 Å². The van der Waals surface area contributed by atoms with Gasteiger partial charge in [-0.05, 0) is 26.3 Å². The number of carbonyl (C=O) groups excluding carboxylic acids is 2. The quantitative estimate of drug-likeness (QED) is 0.884. The number of aliphatic carboxylic acids is 1. The van der Waals surface area contributed by atoms with Crippen molar-refractivity contribution in [2.24, 2.45) is 0 Å². The molecule has 1 atom stereocenters. The van der Waals surface area contributed by atoms with E-state index in [1.54, 1.807) is 20.8 Å². The maximum Gasteiger partial charge on any atom is 0.410 e. The number of piperazine rings is 1. The van der Waals surface area contributed by atoms with Gasteiger partial charge < -0.3 is 19.5 Å². The van der Waals surface area contributed by atoms with E-state index in [1.807, 2.05) is 30.3 Å². The molecule has 0 radical (unpaired) electrons. The predicted molar refractivity (Wildman–Crippen MR) is 92.6 cm³/mol. The fraction of sp³-hybridized carbons (Fsp3) is 0.500. The molecule has 1 fully saturated rings. The summed E-state index contributed by atoms with van der Waals surface area (Å²) in [7, 11) is 0. The Balaban J connectivity index is 1.98. The molecular weight excluding hydrogens is 340 g/mol. The van der Waals surface area contributed by atoms with Crippen molar-refractivity contribution in [1.29, 1.82) is 0 Å². The molecule has 1 aliphatic heterocycles. The summed E-state index contributed by atoms with van der Waals surface area (Å²) >= 11 is 0. The molecule has 26 heavy (non-hydrogen) atoms. The fourth-order valence-corrected chi connectivity index (χ4v) is 2.51. The third-order valence-electron chi connectivity index (χ3n) is 3.76. The van der Waals surface area contributed by atoms with Crippen molar-refractivity contribution in [1.82, 2.24) is 9.80 Å². The van der Waals surface area contributed by atoms with E-state index in [2.05, 4.69) is 0 Å². The molecule has 0 aromatic heterocycles. The molecule has 1 N–H and O–H groups in total. The number of amides is 2. The lowest BCUT2D eigenvalue weighted by Crippen LogP contribution is -2.59. The number of carboxylic acids is 1. The molecule has 0 bridgehead atoms. The molecule has 0 spiro atoms. The van der Waals surface area contributed by atoms with Gasteiger partial charge in [0, 0.05) is 13.1 Å². The van der Waals surface area contributed by atoms with E-state index in [-0.39, 0.29) is 26.2 Å². The number of hydrogen-bond donors (Lipinski definition) is 1. The summed E-state index contributed by atoms with van der Waals surface area (Å²) in [6.07, 6.45) is -1.31. The van der Waals surface area contributed by atoms with E-state index in [1.165, 1.54) is 4.90 Å². The van der Waals surface area contributed by atoms with Crippen LogP contribution in [0.5, 0.6) is 0 Å². The second-order valence-electron chi connectivity index (χ2n) is 7.01. The topological polar surface area (TPSA) is 96.4 Å². The highest BCUT2D eigenvalue weighted by Gasteiger charge is 2.39. The van der Waals surface area contributed by atoms with Gasteiger partial charge in [-0.3, -0.25) is 4.90 Å². The Morgan fingerprint density at radius 3 is 2.35 bits per heavy atom. The molecule has 2 rings (SSSR count). The van der Waals surface area contributed by atoms with Gasteiger partial charge in [0.1, 0.15) is 12.2 Å². The highest BCUT2D eigenvalue weighted by molar-refractivity contribution is 5.81. The lowest BCUT2D eigenvalue weighted by Gasteiger charge is -2.38. The summed E-state index contributed by atoms with van der Waals surface area (Å²) in [4.78, 5) is 38.4. The van der Waals surface area contributed by atoms with Gasteiger partial charge >= 0.3 is 18.2 Å². The van der Waals surface area contributed by atoms with Gasteiger partial charge in [0.2, 0.25) is 0 Å². The zero-order valence-corrected chi connectivity index (χ0v) is 15.2. The molecule has 1 aliphatic rings. The minimum atomic E-state index is -1.20. The Bertz CT molecular complexity index is 655. The van der Waals surface area contributed by atoms with Gasteiger partial charge in [-0.2, -0.15) is 0 Å². The molecule has 142 valence electrons. The van der Waals surface area contributed by atoms with Crippen molar-refractivity contribution in [3.63, 3.8) is 0 Å². The Morgan fingerprint density at radius 2 is 1.77 bits per heavy atom. The van der Waals surface area contributed by atoms with Crippen LogP contribution in [0.3, 0.4) is 0 Å². The van der Waals surface area contributed by atoms with Crippen LogP contribution in [0, 0.1) is 0 Å². The van der Waals surface area contributed by atoms with E-state index >= 15 is 0 Å². The first-order valence-electron chi connectivity index (χ1n) is 8.35. The molecule has 0 unspecified atom stereocenters. The highest BCUT2D eigenvalue weighted by Crippen LogP contribution is 2.16. The van der Waals surface area contributed by atoms with Gasteiger partial charge in [0.15, 0.2) is 6.04 Å². The van der Waals surface area contributed by atoms with Crippen LogP contribution in [0.25, 0.3) is 0 Å². The normalized spacial score (nSPS) is 17.6. The first-order chi connectivity index (χ1) is 12.2. The number of carboxylic acid groups (broad SMARTS) is 1. The van der Waals surface area contributed by atoms with E-state index in [0.717, 1.165) is 10.5 Å². The Kier molecular flexibility index (Phi) is 6.07. The summed E-state index contributed by atoms with van der Waals surface area (Å²) in [6.45, 7) is 5.34. The predicted octanol–water partition coefficient (Wildman–Crippen LogP) is 2.33. The molecule has 1 heterocycles. The van der Waals surface area contributed by atoms with Crippen molar-refractivity contribution in [3.05, 3.63) is 35.9 Å². The smallest absolute Gasteiger partial charge is 0.410 e. The maximum atomic E-state index is 12.3. The van der Waals surface area contributed by atoms with E-state index in [0.29, 0.717) is 0 Å². The van der Waals surface area contributed by atoms with E-state index in [9.17, 15) is 19.5 Å². The molecule has 8 nitrogen and oxygen atoms in total. The first kappa shape index (κ1) is 19.6. The largest absolute Gasteiger partial charge is 0.480 e. The van der Waals surface area contributed by atoms with Crippen molar-refractivity contribution < 1.29 is 29.0 Å². The molecule has 8 heteroatoms. The van der Waals surface area contributed by atoms with Gasteiger partial charge in [0.05, 0.1) is 6.54 Å². The van der Waals surface area contributed by atoms with Crippen molar-refractivity contribution in [3.8, 4) is 0 Å². The van der Waals surface area contributed by atoms with Crippen LogP contribution in [0.1, 0.15) is 26.3 Å². The third kappa shape index (κ3) is 5.37. The van der Waals surface area contributed by atoms with Crippen LogP contribution in [0.2, 0.25) is 0 Å². The minimum Gasteiger partial charge on any atom is -0.480 e.